The van der Waals surface area contributed by atoms with Gasteiger partial charge in [0.25, 0.3) is 0 Å². The smallest absolute Gasteiger partial charge is 0.326 e. The van der Waals surface area contributed by atoms with E-state index in [9.17, 15) is 14.0 Å². The van der Waals surface area contributed by atoms with E-state index < -0.39 is 18.0 Å². The molecule has 0 fully saturated rings. The molecule has 0 aliphatic rings. The lowest BCUT2D eigenvalue weighted by Gasteiger charge is -2.20. The highest BCUT2D eigenvalue weighted by molar-refractivity contribution is 5.82. The second-order valence-electron chi connectivity index (χ2n) is 4.23. The summed E-state index contributed by atoms with van der Waals surface area (Å²) < 4.78 is 13.0. The number of hydrogen-bond donors (Lipinski definition) is 2. The maximum absolute atomic E-state index is 13.0. The number of carboxylic acid groups (broad SMARTS) is 1. The molecule has 104 valence electrons. The minimum atomic E-state index is -1.07. The highest BCUT2D eigenvalue weighted by Crippen LogP contribution is 2.06. The molecule has 0 aliphatic heterocycles. The van der Waals surface area contributed by atoms with E-state index in [1.165, 1.54) is 24.1 Å². The number of urea groups is 1. The van der Waals surface area contributed by atoms with Crippen LogP contribution < -0.4 is 5.32 Å². The normalized spacial score (nSPS) is 11.7. The second-order valence-corrected chi connectivity index (χ2v) is 4.23. The molecule has 0 bridgehead atoms. The molecule has 0 saturated heterocycles. The van der Waals surface area contributed by atoms with Crippen LogP contribution in [0.1, 0.15) is 18.9 Å². The van der Waals surface area contributed by atoms with Crippen LogP contribution in [0, 0.1) is 5.82 Å². The van der Waals surface area contributed by atoms with Crippen LogP contribution in [0.4, 0.5) is 9.18 Å². The van der Waals surface area contributed by atoms with E-state index in [-0.39, 0.29) is 12.4 Å². The SMILES string of the molecule is CC[C@H](NC(=O)N(C)Cc1cccc(F)c1)C(=O)O. The summed E-state index contributed by atoms with van der Waals surface area (Å²) in [6.07, 6.45) is 0.300. The van der Waals surface area contributed by atoms with Crippen LogP contribution in [0.2, 0.25) is 0 Å². The third-order valence-electron chi connectivity index (χ3n) is 2.66. The minimum Gasteiger partial charge on any atom is -0.480 e. The monoisotopic (exact) mass is 268 g/mol. The lowest BCUT2D eigenvalue weighted by molar-refractivity contribution is -0.139. The maximum atomic E-state index is 13.0. The Labute approximate surface area is 111 Å². The summed E-state index contributed by atoms with van der Waals surface area (Å²) in [5.74, 6) is -1.45. The Hall–Kier alpha value is -2.11. The number of amides is 2. The first-order valence-corrected chi connectivity index (χ1v) is 5.93. The van der Waals surface area contributed by atoms with Gasteiger partial charge in [-0.3, -0.25) is 0 Å². The van der Waals surface area contributed by atoms with Gasteiger partial charge in [-0.05, 0) is 24.1 Å². The maximum Gasteiger partial charge on any atom is 0.326 e. The molecule has 5 nitrogen and oxygen atoms in total. The molecule has 0 saturated carbocycles. The Morgan fingerprint density at radius 2 is 2.16 bits per heavy atom. The van der Waals surface area contributed by atoms with Crippen LogP contribution >= 0.6 is 0 Å². The van der Waals surface area contributed by atoms with Gasteiger partial charge in [-0.25, -0.2) is 14.0 Å². The molecular weight excluding hydrogens is 251 g/mol. The van der Waals surface area contributed by atoms with Crippen molar-refractivity contribution < 1.29 is 19.1 Å². The van der Waals surface area contributed by atoms with Crippen molar-refractivity contribution in [3.05, 3.63) is 35.6 Å². The van der Waals surface area contributed by atoms with Gasteiger partial charge < -0.3 is 15.3 Å². The Morgan fingerprint density at radius 3 is 2.68 bits per heavy atom. The van der Waals surface area contributed by atoms with E-state index in [0.29, 0.717) is 12.0 Å². The molecule has 0 aliphatic carbocycles. The van der Waals surface area contributed by atoms with Crippen LogP contribution in [0.3, 0.4) is 0 Å². The predicted molar refractivity (Wildman–Crippen MR) is 68.1 cm³/mol. The number of nitrogens with one attached hydrogen (secondary N) is 1. The zero-order valence-electron chi connectivity index (χ0n) is 10.9. The van der Waals surface area contributed by atoms with Crippen molar-refractivity contribution in [3.8, 4) is 0 Å². The summed E-state index contributed by atoms with van der Waals surface area (Å²) >= 11 is 0. The second kappa shape index (κ2) is 6.72. The van der Waals surface area contributed by atoms with E-state index in [2.05, 4.69) is 5.32 Å². The quantitative estimate of drug-likeness (QED) is 0.856. The van der Waals surface area contributed by atoms with Gasteiger partial charge >= 0.3 is 12.0 Å². The Bertz CT molecular complexity index is 465. The first-order valence-electron chi connectivity index (χ1n) is 5.93. The highest BCUT2D eigenvalue weighted by Gasteiger charge is 2.19. The summed E-state index contributed by atoms with van der Waals surface area (Å²) in [5, 5.41) is 11.2. The van der Waals surface area contributed by atoms with Gasteiger partial charge in [0, 0.05) is 13.6 Å². The first-order chi connectivity index (χ1) is 8.93. The molecule has 1 rings (SSSR count). The lowest BCUT2D eigenvalue weighted by atomic mass is 10.2. The first kappa shape index (κ1) is 14.9. The molecule has 6 heteroatoms. The fourth-order valence-electron chi connectivity index (χ4n) is 1.58. The van der Waals surface area contributed by atoms with Gasteiger partial charge in [0.05, 0.1) is 0 Å². The lowest BCUT2D eigenvalue weighted by Crippen LogP contribution is -2.46. The average molecular weight is 268 g/mol. The van der Waals surface area contributed by atoms with E-state index in [1.54, 1.807) is 19.1 Å². The molecule has 0 unspecified atom stereocenters. The number of nitrogens with zero attached hydrogens (tertiary/aromatic N) is 1. The van der Waals surface area contributed by atoms with Crippen molar-refractivity contribution in [1.82, 2.24) is 10.2 Å². The molecule has 2 N–H and O–H groups in total. The summed E-state index contributed by atoms with van der Waals surface area (Å²) in [5.41, 5.74) is 0.640. The Kier molecular flexibility index (Phi) is 5.29. The molecule has 19 heavy (non-hydrogen) atoms. The fraction of sp³-hybridized carbons (Fsp3) is 0.385. The van der Waals surface area contributed by atoms with E-state index in [0.717, 1.165) is 0 Å². The molecule has 2 amide bonds. The summed E-state index contributed by atoms with van der Waals surface area (Å²) in [4.78, 5) is 23.9. The van der Waals surface area contributed by atoms with Crippen LogP contribution in [-0.4, -0.2) is 35.1 Å². The van der Waals surface area contributed by atoms with Gasteiger partial charge in [0.1, 0.15) is 11.9 Å². The van der Waals surface area contributed by atoms with Crippen molar-refractivity contribution in [2.45, 2.75) is 25.9 Å². The Morgan fingerprint density at radius 1 is 1.47 bits per heavy atom. The number of hydrogen-bond acceptors (Lipinski definition) is 2. The molecule has 0 heterocycles. The third-order valence-corrected chi connectivity index (χ3v) is 2.66. The van der Waals surface area contributed by atoms with E-state index in [1.807, 2.05) is 0 Å². The molecule has 1 aromatic rings. The Balaban J connectivity index is 2.60. The van der Waals surface area contributed by atoms with Gasteiger partial charge in [-0.2, -0.15) is 0 Å². The number of benzene rings is 1. The predicted octanol–water partition coefficient (Wildman–Crippen LogP) is 1.83. The van der Waals surface area contributed by atoms with Crippen molar-refractivity contribution in [2.75, 3.05) is 7.05 Å². The molecule has 0 radical (unpaired) electrons. The number of halogens is 1. The van der Waals surface area contributed by atoms with Gasteiger partial charge in [0.15, 0.2) is 0 Å². The molecular formula is C13H17FN2O3. The largest absolute Gasteiger partial charge is 0.480 e. The highest BCUT2D eigenvalue weighted by atomic mass is 19.1. The molecule has 0 spiro atoms. The molecule has 1 atom stereocenters. The van der Waals surface area contributed by atoms with Crippen LogP contribution in [0.15, 0.2) is 24.3 Å². The van der Waals surface area contributed by atoms with Crippen molar-refractivity contribution >= 4 is 12.0 Å². The molecule has 1 aromatic carbocycles. The zero-order valence-corrected chi connectivity index (χ0v) is 10.9. The fourth-order valence-corrected chi connectivity index (χ4v) is 1.58. The van der Waals surface area contributed by atoms with E-state index in [4.69, 9.17) is 5.11 Å². The number of carbonyl (C=O) groups is 2. The number of carbonyl (C=O) groups excluding carboxylic acids is 1. The van der Waals surface area contributed by atoms with Crippen molar-refractivity contribution in [1.29, 1.82) is 0 Å². The van der Waals surface area contributed by atoms with Gasteiger partial charge in [-0.15, -0.1) is 0 Å². The average Bonchev–Trinajstić information content (AvgIpc) is 2.35. The number of carboxylic acids is 1. The number of aliphatic carboxylic acids is 1. The number of rotatable bonds is 5. The van der Waals surface area contributed by atoms with Crippen LogP contribution in [-0.2, 0) is 11.3 Å². The summed E-state index contributed by atoms with van der Waals surface area (Å²) in [6, 6.07) is 4.49. The van der Waals surface area contributed by atoms with Crippen molar-refractivity contribution in [2.24, 2.45) is 0 Å². The van der Waals surface area contributed by atoms with Crippen LogP contribution in [0.25, 0.3) is 0 Å². The molecule has 0 aromatic heterocycles. The van der Waals surface area contributed by atoms with E-state index >= 15 is 0 Å². The minimum absolute atomic E-state index is 0.208. The summed E-state index contributed by atoms with van der Waals surface area (Å²) in [6.45, 7) is 1.88. The van der Waals surface area contributed by atoms with Gasteiger partial charge in [-0.1, -0.05) is 19.1 Å². The topological polar surface area (TPSA) is 69.6 Å². The third kappa shape index (κ3) is 4.57. The van der Waals surface area contributed by atoms with Crippen molar-refractivity contribution in [3.63, 3.8) is 0 Å². The summed E-state index contributed by atoms with van der Waals surface area (Å²) in [7, 11) is 1.52. The zero-order chi connectivity index (χ0) is 14.4. The standard InChI is InChI=1S/C13H17FN2O3/c1-3-11(12(17)18)15-13(19)16(2)8-9-5-4-6-10(14)7-9/h4-7,11H,3,8H2,1-2H3,(H,15,19)(H,17,18)/t11-/m0/s1. The van der Waals surface area contributed by atoms with Gasteiger partial charge in [0.2, 0.25) is 0 Å². The van der Waals surface area contributed by atoms with Crippen LogP contribution in [0.5, 0.6) is 0 Å².